The van der Waals surface area contributed by atoms with Crippen LogP contribution in [0.15, 0.2) is 0 Å². The molecule has 76 valence electrons. The summed E-state index contributed by atoms with van der Waals surface area (Å²) in [6.45, 7) is 0. The van der Waals surface area contributed by atoms with Gasteiger partial charge in [0.15, 0.2) is 6.29 Å². The number of esters is 1. The molecule has 2 atom stereocenters. The number of methoxy groups -OCH3 is 2. The van der Waals surface area contributed by atoms with E-state index in [1.807, 2.05) is 0 Å². The third-order valence-corrected chi connectivity index (χ3v) is 2.04. The minimum atomic E-state index is -0.915. The van der Waals surface area contributed by atoms with Crippen molar-refractivity contribution in [3.63, 3.8) is 0 Å². The summed E-state index contributed by atoms with van der Waals surface area (Å²) in [7, 11) is 2.85. The van der Waals surface area contributed by atoms with E-state index in [0.717, 1.165) is 0 Å². The first-order valence-electron chi connectivity index (χ1n) is 4.12. The lowest BCUT2D eigenvalue weighted by molar-refractivity contribution is -0.194. The SMILES string of the molecule is COC(OC)[C@@H](O)[C@H]1CCC(=O)O1. The summed E-state index contributed by atoms with van der Waals surface area (Å²) in [5.41, 5.74) is 0. The highest BCUT2D eigenvalue weighted by atomic mass is 16.7. The van der Waals surface area contributed by atoms with Crippen LogP contribution in [-0.4, -0.2) is 43.8 Å². The van der Waals surface area contributed by atoms with Crippen molar-refractivity contribution in [1.29, 1.82) is 0 Å². The van der Waals surface area contributed by atoms with Gasteiger partial charge in [-0.15, -0.1) is 0 Å². The van der Waals surface area contributed by atoms with Gasteiger partial charge in [-0.1, -0.05) is 0 Å². The average molecular weight is 190 g/mol. The third kappa shape index (κ3) is 2.40. The van der Waals surface area contributed by atoms with Gasteiger partial charge in [0.1, 0.15) is 12.2 Å². The van der Waals surface area contributed by atoms with Gasteiger partial charge in [-0.25, -0.2) is 0 Å². The zero-order valence-corrected chi connectivity index (χ0v) is 7.73. The summed E-state index contributed by atoms with van der Waals surface area (Å²) in [6.07, 6.45) is -1.29. The van der Waals surface area contributed by atoms with Gasteiger partial charge in [0.2, 0.25) is 0 Å². The summed E-state index contributed by atoms with van der Waals surface area (Å²) in [4.78, 5) is 10.7. The number of hydrogen-bond donors (Lipinski definition) is 1. The van der Waals surface area contributed by atoms with Crippen LogP contribution in [0.1, 0.15) is 12.8 Å². The fourth-order valence-corrected chi connectivity index (χ4v) is 1.34. The molecule has 0 radical (unpaired) electrons. The van der Waals surface area contributed by atoms with Crippen molar-refractivity contribution >= 4 is 5.97 Å². The third-order valence-electron chi connectivity index (χ3n) is 2.04. The summed E-state index contributed by atoms with van der Waals surface area (Å²) in [6, 6.07) is 0. The van der Waals surface area contributed by atoms with E-state index in [4.69, 9.17) is 14.2 Å². The van der Waals surface area contributed by atoms with Gasteiger partial charge in [-0.2, -0.15) is 0 Å². The number of aliphatic hydroxyl groups is 1. The standard InChI is InChI=1S/C8H14O5/c1-11-8(12-2)7(10)5-3-4-6(9)13-5/h5,7-8,10H,3-4H2,1-2H3/t5-,7+/m1/s1. The van der Waals surface area contributed by atoms with Crippen LogP contribution in [0.3, 0.4) is 0 Å². The Kier molecular flexibility index (Phi) is 3.65. The van der Waals surface area contributed by atoms with Crippen LogP contribution in [0.25, 0.3) is 0 Å². The van der Waals surface area contributed by atoms with Crippen LogP contribution in [0.5, 0.6) is 0 Å². The first kappa shape index (κ1) is 10.4. The minimum Gasteiger partial charge on any atom is -0.459 e. The highest BCUT2D eigenvalue weighted by molar-refractivity contribution is 5.71. The van der Waals surface area contributed by atoms with Gasteiger partial charge in [-0.05, 0) is 6.42 Å². The molecule has 0 saturated carbocycles. The Balaban J connectivity index is 2.46. The summed E-state index contributed by atoms with van der Waals surface area (Å²) >= 11 is 0. The Morgan fingerprint density at radius 2 is 2.15 bits per heavy atom. The molecule has 5 nitrogen and oxygen atoms in total. The molecule has 0 amide bonds. The number of carbonyl (C=O) groups excluding carboxylic acids is 1. The fraction of sp³-hybridized carbons (Fsp3) is 0.875. The lowest BCUT2D eigenvalue weighted by Gasteiger charge is -2.23. The number of ether oxygens (including phenoxy) is 3. The molecule has 0 aliphatic carbocycles. The molecular formula is C8H14O5. The van der Waals surface area contributed by atoms with E-state index < -0.39 is 18.5 Å². The van der Waals surface area contributed by atoms with Gasteiger partial charge in [0.25, 0.3) is 0 Å². The second-order valence-corrected chi connectivity index (χ2v) is 2.90. The zero-order valence-electron chi connectivity index (χ0n) is 7.73. The van der Waals surface area contributed by atoms with Crippen LogP contribution in [-0.2, 0) is 19.0 Å². The Morgan fingerprint density at radius 3 is 2.54 bits per heavy atom. The summed E-state index contributed by atoms with van der Waals surface area (Å²) in [5, 5.41) is 9.60. The normalized spacial score (nSPS) is 24.9. The van der Waals surface area contributed by atoms with Crippen molar-refractivity contribution in [2.75, 3.05) is 14.2 Å². The van der Waals surface area contributed by atoms with Crippen LogP contribution in [0.2, 0.25) is 0 Å². The van der Waals surface area contributed by atoms with E-state index in [1.165, 1.54) is 14.2 Å². The van der Waals surface area contributed by atoms with E-state index >= 15 is 0 Å². The number of hydrogen-bond acceptors (Lipinski definition) is 5. The highest BCUT2D eigenvalue weighted by Gasteiger charge is 2.35. The van der Waals surface area contributed by atoms with Gasteiger partial charge >= 0.3 is 5.97 Å². The van der Waals surface area contributed by atoms with Gasteiger partial charge in [0.05, 0.1) is 0 Å². The molecule has 13 heavy (non-hydrogen) atoms. The zero-order chi connectivity index (χ0) is 9.84. The molecule has 1 heterocycles. The molecule has 0 bridgehead atoms. The van der Waals surface area contributed by atoms with Crippen LogP contribution < -0.4 is 0 Å². The molecule has 1 rings (SSSR count). The lowest BCUT2D eigenvalue weighted by atomic mass is 10.1. The first-order chi connectivity index (χ1) is 6.19. The van der Waals surface area contributed by atoms with E-state index in [-0.39, 0.29) is 5.97 Å². The molecule has 1 N–H and O–H groups in total. The van der Waals surface area contributed by atoms with Crippen LogP contribution in [0.4, 0.5) is 0 Å². The second-order valence-electron chi connectivity index (χ2n) is 2.90. The van der Waals surface area contributed by atoms with Crippen molar-refractivity contribution in [3.8, 4) is 0 Å². The van der Waals surface area contributed by atoms with E-state index in [9.17, 15) is 9.90 Å². The van der Waals surface area contributed by atoms with Crippen molar-refractivity contribution in [2.24, 2.45) is 0 Å². The molecular weight excluding hydrogens is 176 g/mol. The van der Waals surface area contributed by atoms with E-state index in [0.29, 0.717) is 12.8 Å². The molecule has 0 spiro atoms. The molecule has 1 fully saturated rings. The first-order valence-corrected chi connectivity index (χ1v) is 4.12. The fourth-order valence-electron chi connectivity index (χ4n) is 1.34. The monoisotopic (exact) mass is 190 g/mol. The predicted molar refractivity (Wildman–Crippen MR) is 42.9 cm³/mol. The largest absolute Gasteiger partial charge is 0.459 e. The van der Waals surface area contributed by atoms with Gasteiger partial charge in [-0.3, -0.25) is 4.79 Å². The maximum Gasteiger partial charge on any atom is 0.306 e. The summed E-state index contributed by atoms with van der Waals surface area (Å²) in [5.74, 6) is -0.282. The Labute approximate surface area is 76.6 Å². The van der Waals surface area contributed by atoms with Crippen molar-refractivity contribution in [2.45, 2.75) is 31.3 Å². The Hall–Kier alpha value is -0.650. The van der Waals surface area contributed by atoms with Crippen molar-refractivity contribution < 1.29 is 24.1 Å². The molecule has 0 aromatic carbocycles. The smallest absolute Gasteiger partial charge is 0.306 e. The quantitative estimate of drug-likeness (QED) is 0.486. The van der Waals surface area contributed by atoms with Gasteiger partial charge < -0.3 is 19.3 Å². The number of aliphatic hydroxyl groups excluding tert-OH is 1. The number of rotatable bonds is 4. The molecule has 1 aliphatic rings. The molecule has 0 unspecified atom stereocenters. The van der Waals surface area contributed by atoms with Crippen LogP contribution in [0, 0.1) is 0 Å². The minimum absolute atomic E-state index is 0.282. The number of carbonyl (C=O) groups is 1. The molecule has 5 heteroatoms. The second kappa shape index (κ2) is 4.55. The van der Waals surface area contributed by atoms with E-state index in [2.05, 4.69) is 0 Å². The maximum atomic E-state index is 10.7. The van der Waals surface area contributed by atoms with Gasteiger partial charge in [0, 0.05) is 20.6 Å². The Bertz CT molecular complexity index is 177. The van der Waals surface area contributed by atoms with Crippen LogP contribution >= 0.6 is 0 Å². The molecule has 1 saturated heterocycles. The molecule has 0 aromatic heterocycles. The number of cyclic esters (lactones) is 1. The Morgan fingerprint density at radius 1 is 1.54 bits per heavy atom. The predicted octanol–water partition coefficient (Wildman–Crippen LogP) is -0.328. The molecule has 0 aromatic rings. The highest BCUT2D eigenvalue weighted by Crippen LogP contribution is 2.20. The van der Waals surface area contributed by atoms with E-state index in [1.54, 1.807) is 0 Å². The summed E-state index contributed by atoms with van der Waals surface area (Å²) < 4.78 is 14.5. The van der Waals surface area contributed by atoms with Crippen molar-refractivity contribution in [3.05, 3.63) is 0 Å². The topological polar surface area (TPSA) is 65.0 Å². The maximum absolute atomic E-state index is 10.7. The molecule has 1 aliphatic heterocycles. The lowest BCUT2D eigenvalue weighted by Crippen LogP contribution is -2.39. The van der Waals surface area contributed by atoms with Crippen molar-refractivity contribution in [1.82, 2.24) is 0 Å². The average Bonchev–Trinajstić information content (AvgIpc) is 2.54.